The molecule has 0 aliphatic rings. The van der Waals surface area contributed by atoms with Crippen LogP contribution in [0.15, 0.2) is 46.9 Å². The lowest BCUT2D eigenvalue weighted by Crippen LogP contribution is -2.30. The smallest absolute Gasteiger partial charge is 0.265 e. The van der Waals surface area contributed by atoms with Crippen LogP contribution in [-0.4, -0.2) is 12.0 Å². The lowest BCUT2D eigenvalue weighted by atomic mass is 10.1. The van der Waals surface area contributed by atoms with E-state index in [0.717, 1.165) is 21.3 Å². The van der Waals surface area contributed by atoms with Crippen molar-refractivity contribution < 1.29 is 9.53 Å². The Morgan fingerprint density at radius 1 is 1.10 bits per heavy atom. The molecule has 1 amide bonds. The van der Waals surface area contributed by atoms with Gasteiger partial charge in [-0.3, -0.25) is 4.79 Å². The quantitative estimate of drug-likeness (QED) is 0.885. The van der Waals surface area contributed by atoms with Gasteiger partial charge >= 0.3 is 0 Å². The summed E-state index contributed by atoms with van der Waals surface area (Å²) in [7, 11) is 0. The second-order valence-corrected chi connectivity index (χ2v) is 6.00. The van der Waals surface area contributed by atoms with Gasteiger partial charge in [0.1, 0.15) is 5.75 Å². The Morgan fingerprint density at radius 3 is 2.24 bits per heavy atom. The van der Waals surface area contributed by atoms with Gasteiger partial charge < -0.3 is 10.1 Å². The predicted octanol–water partition coefficient (Wildman–Crippen LogP) is 4.47. The second-order valence-electron chi connectivity index (χ2n) is 5.08. The Morgan fingerprint density at radius 2 is 1.67 bits per heavy atom. The Labute approximate surface area is 133 Å². The molecule has 2 aromatic rings. The van der Waals surface area contributed by atoms with Crippen LogP contribution in [0.5, 0.6) is 5.75 Å². The van der Waals surface area contributed by atoms with Crippen molar-refractivity contribution in [1.82, 2.24) is 0 Å². The molecule has 1 unspecified atom stereocenters. The molecule has 2 aromatic carbocycles. The maximum atomic E-state index is 12.2. The number of hydrogen-bond acceptors (Lipinski definition) is 2. The lowest BCUT2D eigenvalue weighted by molar-refractivity contribution is -0.122. The van der Waals surface area contributed by atoms with Crippen molar-refractivity contribution in [3.8, 4) is 5.75 Å². The van der Waals surface area contributed by atoms with Crippen LogP contribution >= 0.6 is 15.9 Å². The molecule has 0 saturated carbocycles. The SMILES string of the molecule is Cc1cc(C)cc(NC(=O)C(C)Oc2ccc(Br)cc2)c1. The number of ether oxygens (including phenoxy) is 1. The van der Waals surface area contributed by atoms with E-state index >= 15 is 0 Å². The third-order valence-corrected chi connectivity index (χ3v) is 3.51. The van der Waals surface area contributed by atoms with Crippen LogP contribution in [0.25, 0.3) is 0 Å². The average Bonchev–Trinajstić information content (AvgIpc) is 2.40. The summed E-state index contributed by atoms with van der Waals surface area (Å²) in [5.74, 6) is 0.504. The lowest BCUT2D eigenvalue weighted by Gasteiger charge is -2.15. The molecule has 0 fully saturated rings. The summed E-state index contributed by atoms with van der Waals surface area (Å²) in [4.78, 5) is 12.2. The van der Waals surface area contributed by atoms with E-state index in [1.54, 1.807) is 6.92 Å². The Kier molecular flexibility index (Phi) is 5.02. The molecular weight excluding hydrogens is 330 g/mol. The van der Waals surface area contributed by atoms with Crippen molar-refractivity contribution >= 4 is 27.5 Å². The molecule has 0 saturated heterocycles. The number of halogens is 1. The molecular formula is C17H18BrNO2. The number of hydrogen-bond donors (Lipinski definition) is 1. The fourth-order valence-corrected chi connectivity index (χ4v) is 2.33. The van der Waals surface area contributed by atoms with E-state index in [-0.39, 0.29) is 5.91 Å². The summed E-state index contributed by atoms with van der Waals surface area (Å²) in [5.41, 5.74) is 3.03. The van der Waals surface area contributed by atoms with Crippen LogP contribution in [0.4, 0.5) is 5.69 Å². The molecule has 2 rings (SSSR count). The van der Waals surface area contributed by atoms with Crippen molar-refractivity contribution in [2.45, 2.75) is 26.9 Å². The molecule has 0 aliphatic heterocycles. The first-order valence-electron chi connectivity index (χ1n) is 6.75. The van der Waals surface area contributed by atoms with Gasteiger partial charge in [0, 0.05) is 10.2 Å². The largest absolute Gasteiger partial charge is 0.481 e. The van der Waals surface area contributed by atoms with Gasteiger partial charge in [0.25, 0.3) is 5.91 Å². The van der Waals surface area contributed by atoms with E-state index in [2.05, 4.69) is 27.3 Å². The summed E-state index contributed by atoms with van der Waals surface area (Å²) in [6.45, 7) is 5.74. The van der Waals surface area contributed by atoms with Crippen LogP contribution in [-0.2, 0) is 4.79 Å². The minimum Gasteiger partial charge on any atom is -0.481 e. The number of anilines is 1. The second kappa shape index (κ2) is 6.76. The maximum Gasteiger partial charge on any atom is 0.265 e. The first-order chi connectivity index (χ1) is 9.94. The van der Waals surface area contributed by atoms with Gasteiger partial charge in [-0.25, -0.2) is 0 Å². The topological polar surface area (TPSA) is 38.3 Å². The Hall–Kier alpha value is -1.81. The number of aryl methyl sites for hydroxylation is 2. The van der Waals surface area contributed by atoms with Gasteiger partial charge in [-0.2, -0.15) is 0 Å². The molecule has 0 spiro atoms. The van der Waals surface area contributed by atoms with Gasteiger partial charge in [-0.05, 0) is 68.3 Å². The van der Waals surface area contributed by atoms with Crippen molar-refractivity contribution in [2.24, 2.45) is 0 Å². The highest BCUT2D eigenvalue weighted by Gasteiger charge is 2.15. The van der Waals surface area contributed by atoms with Crippen molar-refractivity contribution in [2.75, 3.05) is 5.32 Å². The van der Waals surface area contributed by atoms with E-state index in [4.69, 9.17) is 4.74 Å². The molecule has 110 valence electrons. The van der Waals surface area contributed by atoms with Crippen LogP contribution in [0.2, 0.25) is 0 Å². The number of carbonyl (C=O) groups is 1. The van der Waals surface area contributed by atoms with E-state index in [1.165, 1.54) is 0 Å². The van der Waals surface area contributed by atoms with Crippen LogP contribution in [0, 0.1) is 13.8 Å². The predicted molar refractivity (Wildman–Crippen MR) is 88.8 cm³/mol. The van der Waals surface area contributed by atoms with Crippen molar-refractivity contribution in [3.63, 3.8) is 0 Å². The minimum atomic E-state index is -0.563. The van der Waals surface area contributed by atoms with E-state index in [9.17, 15) is 4.79 Å². The molecule has 4 heteroatoms. The van der Waals surface area contributed by atoms with Crippen molar-refractivity contribution in [1.29, 1.82) is 0 Å². The monoisotopic (exact) mass is 347 g/mol. The van der Waals surface area contributed by atoms with Crippen molar-refractivity contribution in [3.05, 3.63) is 58.1 Å². The molecule has 0 heterocycles. The molecule has 3 nitrogen and oxygen atoms in total. The van der Waals surface area contributed by atoms with Gasteiger partial charge in [0.2, 0.25) is 0 Å². The summed E-state index contributed by atoms with van der Waals surface area (Å²) in [6, 6.07) is 13.4. The number of benzene rings is 2. The van der Waals surface area contributed by atoms with E-state index < -0.39 is 6.10 Å². The van der Waals surface area contributed by atoms with Gasteiger partial charge in [-0.1, -0.05) is 22.0 Å². The first kappa shape index (κ1) is 15.6. The van der Waals surface area contributed by atoms with Gasteiger partial charge in [-0.15, -0.1) is 0 Å². The molecule has 0 bridgehead atoms. The average molecular weight is 348 g/mol. The molecule has 0 aromatic heterocycles. The molecule has 1 atom stereocenters. The molecule has 1 N–H and O–H groups in total. The summed E-state index contributed by atoms with van der Waals surface area (Å²) in [6.07, 6.45) is -0.563. The highest BCUT2D eigenvalue weighted by atomic mass is 79.9. The highest BCUT2D eigenvalue weighted by Crippen LogP contribution is 2.18. The zero-order valence-corrected chi connectivity index (χ0v) is 13.9. The molecule has 0 aliphatic carbocycles. The van der Waals surface area contributed by atoms with Gasteiger partial charge in [0.05, 0.1) is 0 Å². The minimum absolute atomic E-state index is 0.164. The van der Waals surface area contributed by atoms with Gasteiger partial charge in [0.15, 0.2) is 6.10 Å². The highest BCUT2D eigenvalue weighted by molar-refractivity contribution is 9.10. The summed E-state index contributed by atoms with van der Waals surface area (Å²) >= 11 is 3.36. The standard InChI is InChI=1S/C17H18BrNO2/c1-11-8-12(2)10-15(9-11)19-17(20)13(3)21-16-6-4-14(18)5-7-16/h4-10,13H,1-3H3,(H,19,20). The molecule has 0 radical (unpaired) electrons. The van der Waals surface area contributed by atoms with Crippen LogP contribution in [0.1, 0.15) is 18.1 Å². The fourth-order valence-electron chi connectivity index (χ4n) is 2.06. The third-order valence-electron chi connectivity index (χ3n) is 2.98. The number of carbonyl (C=O) groups excluding carboxylic acids is 1. The van der Waals surface area contributed by atoms with Crippen LogP contribution < -0.4 is 10.1 Å². The zero-order valence-electron chi connectivity index (χ0n) is 12.3. The third kappa shape index (κ3) is 4.60. The zero-order chi connectivity index (χ0) is 15.4. The Balaban J connectivity index is 2.00. The normalized spacial score (nSPS) is 11.8. The van der Waals surface area contributed by atoms with Crippen LogP contribution in [0.3, 0.4) is 0 Å². The molecule has 21 heavy (non-hydrogen) atoms. The number of nitrogens with one attached hydrogen (secondary N) is 1. The van der Waals surface area contributed by atoms with E-state index in [0.29, 0.717) is 5.75 Å². The summed E-state index contributed by atoms with van der Waals surface area (Å²) < 4.78 is 6.61. The fraction of sp³-hybridized carbons (Fsp3) is 0.235. The Bertz CT molecular complexity index is 617. The number of amides is 1. The maximum absolute atomic E-state index is 12.2. The van der Waals surface area contributed by atoms with E-state index in [1.807, 2.05) is 50.2 Å². The first-order valence-corrected chi connectivity index (χ1v) is 7.55. The summed E-state index contributed by atoms with van der Waals surface area (Å²) in [5, 5.41) is 2.88. The number of rotatable bonds is 4.